The van der Waals surface area contributed by atoms with Gasteiger partial charge in [0.05, 0.1) is 0 Å². The van der Waals surface area contributed by atoms with Gasteiger partial charge in [-0.1, -0.05) is 164 Å². The fourth-order valence-corrected chi connectivity index (χ4v) is 14.7. The van der Waals surface area contributed by atoms with E-state index in [1.165, 1.54) is 74.5 Å². The van der Waals surface area contributed by atoms with Crippen LogP contribution in [0.25, 0.3) is 42.4 Å². The zero-order chi connectivity index (χ0) is 33.8. The van der Waals surface area contributed by atoms with E-state index in [0.717, 1.165) is 5.69 Å². The second-order valence-corrected chi connectivity index (χ2v) is 18.0. The SMILES string of the molecule is c1ccc([Si]2(c3ccccc3)c3ccccc3N(c3cccc(-c4cccc(-c5cccc6c5sc5ccccc56)c4)c3)c3ccccc32)cc1. The van der Waals surface area contributed by atoms with Crippen molar-refractivity contribution in [3.8, 4) is 22.3 Å². The maximum Gasteiger partial charge on any atom is 0.184 e. The molecule has 10 rings (SSSR count). The van der Waals surface area contributed by atoms with E-state index in [1.807, 2.05) is 11.3 Å². The molecule has 0 saturated heterocycles. The molecule has 9 aromatic rings. The van der Waals surface area contributed by atoms with Crippen LogP contribution in [0.4, 0.5) is 17.1 Å². The van der Waals surface area contributed by atoms with Crippen LogP contribution in [0.15, 0.2) is 200 Å². The van der Waals surface area contributed by atoms with Crippen LogP contribution >= 0.6 is 11.3 Å². The van der Waals surface area contributed by atoms with Crippen LogP contribution in [0.2, 0.25) is 0 Å². The Hall–Kier alpha value is -6.00. The average molecular weight is 684 g/mol. The third kappa shape index (κ3) is 4.66. The Labute approximate surface area is 303 Å². The summed E-state index contributed by atoms with van der Waals surface area (Å²) in [6, 6.07) is 74.3. The number of hydrogen-bond acceptors (Lipinski definition) is 2. The molecule has 2 heterocycles. The zero-order valence-corrected chi connectivity index (χ0v) is 29.7. The largest absolute Gasteiger partial charge is 0.311 e. The molecule has 1 nitrogen and oxygen atoms in total. The van der Waals surface area contributed by atoms with Crippen LogP contribution in [0.5, 0.6) is 0 Å². The van der Waals surface area contributed by atoms with Gasteiger partial charge >= 0.3 is 0 Å². The molecule has 240 valence electrons. The number of anilines is 3. The summed E-state index contributed by atoms with van der Waals surface area (Å²) in [5, 5.41) is 8.27. The molecule has 0 fully saturated rings. The molecule has 8 aromatic carbocycles. The van der Waals surface area contributed by atoms with Crippen molar-refractivity contribution >= 4 is 77.4 Å². The monoisotopic (exact) mass is 683 g/mol. The first kappa shape index (κ1) is 29.9. The average Bonchev–Trinajstić information content (AvgIpc) is 3.60. The summed E-state index contributed by atoms with van der Waals surface area (Å²) in [5.41, 5.74) is 8.60. The highest BCUT2D eigenvalue weighted by Gasteiger charge is 2.48. The summed E-state index contributed by atoms with van der Waals surface area (Å²) in [6.07, 6.45) is 0. The van der Waals surface area contributed by atoms with E-state index in [-0.39, 0.29) is 0 Å². The minimum atomic E-state index is -2.65. The number of rotatable bonds is 5. The van der Waals surface area contributed by atoms with Gasteiger partial charge in [0.15, 0.2) is 8.07 Å². The summed E-state index contributed by atoms with van der Waals surface area (Å²) < 4.78 is 2.67. The number of para-hydroxylation sites is 2. The standard InChI is InChI=1S/C48H33NSSi/c1-3-20-38(21-4-1)51(39-22-5-2-6-23-39)46-30-11-8-27-43(46)49(44-28-9-12-31-47(44)51)37-19-14-17-35(33-37)34-16-13-18-36(32-34)40-25-15-26-42-41-24-7-10-29-45(41)50-48(40)42/h1-33H. The highest BCUT2D eigenvalue weighted by Crippen LogP contribution is 2.42. The summed E-state index contributed by atoms with van der Waals surface area (Å²) in [4.78, 5) is 2.49. The Morgan fingerprint density at radius 3 is 1.63 bits per heavy atom. The number of hydrogen-bond donors (Lipinski definition) is 0. The second kappa shape index (κ2) is 12.1. The Kier molecular flexibility index (Phi) is 7.09. The number of benzene rings is 8. The molecule has 51 heavy (non-hydrogen) atoms. The maximum atomic E-state index is 2.49. The van der Waals surface area contributed by atoms with Crippen molar-refractivity contribution in [1.29, 1.82) is 0 Å². The van der Waals surface area contributed by atoms with Gasteiger partial charge in [0.2, 0.25) is 0 Å². The first-order valence-electron chi connectivity index (χ1n) is 17.5. The number of nitrogens with zero attached hydrogens (tertiary/aromatic N) is 1. The highest BCUT2D eigenvalue weighted by atomic mass is 32.1. The van der Waals surface area contributed by atoms with Crippen LogP contribution in [-0.4, -0.2) is 8.07 Å². The van der Waals surface area contributed by atoms with Crippen molar-refractivity contribution in [2.45, 2.75) is 0 Å². The van der Waals surface area contributed by atoms with Gasteiger partial charge in [-0.15, -0.1) is 11.3 Å². The molecule has 0 saturated carbocycles. The molecule has 0 atom stereocenters. The van der Waals surface area contributed by atoms with Gasteiger partial charge in [0, 0.05) is 37.2 Å². The predicted octanol–water partition coefficient (Wildman–Crippen LogP) is 10.5. The van der Waals surface area contributed by atoms with Gasteiger partial charge in [0.25, 0.3) is 0 Å². The lowest BCUT2D eigenvalue weighted by molar-refractivity contribution is 1.29. The fourth-order valence-electron chi connectivity index (χ4n) is 8.35. The Morgan fingerprint density at radius 1 is 0.392 bits per heavy atom. The van der Waals surface area contributed by atoms with Crippen molar-refractivity contribution < 1.29 is 0 Å². The molecule has 3 heteroatoms. The van der Waals surface area contributed by atoms with Gasteiger partial charge in [-0.2, -0.15) is 0 Å². The lowest BCUT2D eigenvalue weighted by Crippen LogP contribution is -2.77. The Balaban J connectivity index is 1.14. The van der Waals surface area contributed by atoms with Gasteiger partial charge in [-0.25, -0.2) is 0 Å². The highest BCUT2D eigenvalue weighted by molar-refractivity contribution is 7.26. The summed E-state index contributed by atoms with van der Waals surface area (Å²) in [7, 11) is -2.65. The van der Waals surface area contributed by atoms with Crippen molar-refractivity contribution in [2.75, 3.05) is 4.90 Å². The van der Waals surface area contributed by atoms with Gasteiger partial charge in [-0.3, -0.25) is 0 Å². The molecule has 1 aliphatic heterocycles. The van der Waals surface area contributed by atoms with Crippen LogP contribution in [0.1, 0.15) is 0 Å². The third-order valence-electron chi connectivity index (χ3n) is 10.5. The Bertz CT molecular complexity index is 2620. The molecular formula is C48H33NSSi. The summed E-state index contributed by atoms with van der Waals surface area (Å²) >= 11 is 1.89. The van der Waals surface area contributed by atoms with E-state index in [2.05, 4.69) is 205 Å². The maximum absolute atomic E-state index is 2.65. The van der Waals surface area contributed by atoms with E-state index in [9.17, 15) is 0 Å². The first-order chi connectivity index (χ1) is 25.3. The smallest absolute Gasteiger partial charge is 0.184 e. The normalized spacial score (nSPS) is 13.2. The molecule has 1 aliphatic rings. The molecule has 0 amide bonds. The van der Waals surface area contributed by atoms with Crippen LogP contribution in [0.3, 0.4) is 0 Å². The van der Waals surface area contributed by atoms with Gasteiger partial charge in [0.1, 0.15) is 0 Å². The van der Waals surface area contributed by atoms with Crippen LogP contribution < -0.4 is 25.6 Å². The van der Waals surface area contributed by atoms with E-state index in [0.29, 0.717) is 0 Å². The third-order valence-corrected chi connectivity index (χ3v) is 16.6. The molecule has 1 aromatic heterocycles. The lowest BCUT2D eigenvalue weighted by atomic mass is 9.97. The quantitative estimate of drug-likeness (QED) is 0.163. The molecule has 0 N–H and O–H groups in total. The van der Waals surface area contributed by atoms with E-state index in [4.69, 9.17) is 0 Å². The van der Waals surface area contributed by atoms with Crippen molar-refractivity contribution in [1.82, 2.24) is 0 Å². The lowest BCUT2D eigenvalue weighted by Gasteiger charge is -2.45. The van der Waals surface area contributed by atoms with E-state index < -0.39 is 8.07 Å². The number of thiophene rings is 1. The topological polar surface area (TPSA) is 3.24 Å². The molecule has 0 spiro atoms. The number of fused-ring (bicyclic) bond motifs is 5. The zero-order valence-electron chi connectivity index (χ0n) is 27.9. The van der Waals surface area contributed by atoms with Crippen LogP contribution in [0, 0.1) is 0 Å². The molecule has 0 aliphatic carbocycles. The summed E-state index contributed by atoms with van der Waals surface area (Å²) in [5.74, 6) is 0. The van der Waals surface area contributed by atoms with Crippen LogP contribution in [-0.2, 0) is 0 Å². The first-order valence-corrected chi connectivity index (χ1v) is 20.3. The van der Waals surface area contributed by atoms with Gasteiger partial charge in [-0.05, 0) is 79.4 Å². The molecular weight excluding hydrogens is 651 g/mol. The molecule has 0 unspecified atom stereocenters. The van der Waals surface area contributed by atoms with Crippen molar-refractivity contribution in [2.24, 2.45) is 0 Å². The molecule has 0 radical (unpaired) electrons. The van der Waals surface area contributed by atoms with E-state index in [1.54, 1.807) is 0 Å². The minimum Gasteiger partial charge on any atom is -0.311 e. The summed E-state index contributed by atoms with van der Waals surface area (Å²) in [6.45, 7) is 0. The van der Waals surface area contributed by atoms with E-state index >= 15 is 0 Å². The molecule has 0 bridgehead atoms. The Morgan fingerprint density at radius 2 is 0.922 bits per heavy atom. The predicted molar refractivity (Wildman–Crippen MR) is 222 cm³/mol. The van der Waals surface area contributed by atoms with Crippen molar-refractivity contribution in [3.05, 3.63) is 200 Å². The van der Waals surface area contributed by atoms with Gasteiger partial charge < -0.3 is 4.90 Å². The van der Waals surface area contributed by atoms with Crippen molar-refractivity contribution in [3.63, 3.8) is 0 Å². The fraction of sp³-hybridized carbons (Fsp3) is 0. The second-order valence-electron chi connectivity index (χ2n) is 13.3. The minimum absolute atomic E-state index is 1.16.